The highest BCUT2D eigenvalue weighted by Crippen LogP contribution is 2.25. The quantitative estimate of drug-likeness (QED) is 0.717. The molecule has 1 fully saturated rings. The first-order chi connectivity index (χ1) is 10.6. The minimum absolute atomic E-state index is 0.286. The van der Waals surface area contributed by atoms with Crippen LogP contribution in [0.15, 0.2) is 6.20 Å². The minimum Gasteiger partial charge on any atom is -0.444 e. The number of carbonyl (C=O) groups excluding carboxylic acids is 1. The van der Waals surface area contributed by atoms with Gasteiger partial charge in [-0.1, -0.05) is 12.2 Å². The summed E-state index contributed by atoms with van der Waals surface area (Å²) < 4.78 is 5.78. The lowest BCUT2D eigenvalue weighted by atomic mass is 9.90. The molecule has 1 aliphatic rings. The second kappa shape index (κ2) is 6.35. The summed E-state index contributed by atoms with van der Waals surface area (Å²) >= 11 is 5.02. The number of anilines is 2. The number of alkyl carbamates (subject to hydrolysis) is 1. The number of rotatable bonds is 2. The van der Waals surface area contributed by atoms with E-state index in [1.165, 1.54) is 0 Å². The van der Waals surface area contributed by atoms with Gasteiger partial charge in [-0.2, -0.15) is 0 Å². The molecule has 7 nitrogen and oxygen atoms in total. The Hall–Kier alpha value is -1.83. The first-order valence-electron chi connectivity index (χ1n) is 7.69. The van der Waals surface area contributed by atoms with E-state index in [0.29, 0.717) is 10.5 Å². The Morgan fingerprint density at radius 1 is 1.48 bits per heavy atom. The van der Waals surface area contributed by atoms with E-state index in [9.17, 15) is 4.79 Å². The highest BCUT2D eigenvalue weighted by molar-refractivity contribution is 7.71. The molecule has 1 saturated heterocycles. The van der Waals surface area contributed by atoms with Gasteiger partial charge >= 0.3 is 6.09 Å². The van der Waals surface area contributed by atoms with Crippen LogP contribution in [0.4, 0.5) is 16.4 Å². The smallest absolute Gasteiger partial charge is 0.408 e. The molecule has 0 radical (unpaired) electrons. The average molecular weight is 339 g/mol. The molecular weight excluding hydrogens is 314 g/mol. The number of hydrogen-bond acceptors (Lipinski definition) is 6. The van der Waals surface area contributed by atoms with E-state index in [1.807, 2.05) is 27.7 Å². The SMILES string of the molecule is CC1(NC(=O)OC(C)(C)C)CCN(c2c[nH]c(=S)c(N)n2)CC1. The van der Waals surface area contributed by atoms with Gasteiger partial charge in [0.2, 0.25) is 0 Å². The molecule has 1 aliphatic heterocycles. The van der Waals surface area contributed by atoms with E-state index in [0.717, 1.165) is 31.7 Å². The summed E-state index contributed by atoms with van der Waals surface area (Å²) in [4.78, 5) is 21.3. The Morgan fingerprint density at radius 3 is 2.61 bits per heavy atom. The van der Waals surface area contributed by atoms with E-state index in [1.54, 1.807) is 6.20 Å². The summed E-state index contributed by atoms with van der Waals surface area (Å²) in [5.74, 6) is 1.10. The first-order valence-corrected chi connectivity index (χ1v) is 8.10. The molecule has 128 valence electrons. The van der Waals surface area contributed by atoms with Crippen LogP contribution in [0.5, 0.6) is 0 Å². The predicted octanol–water partition coefficient (Wildman–Crippen LogP) is 2.60. The number of H-pyrrole nitrogens is 1. The van der Waals surface area contributed by atoms with Crippen molar-refractivity contribution in [3.8, 4) is 0 Å². The third-order valence-corrected chi connectivity index (χ3v) is 4.12. The van der Waals surface area contributed by atoms with Crippen LogP contribution in [0.2, 0.25) is 0 Å². The van der Waals surface area contributed by atoms with Crippen molar-refractivity contribution in [1.82, 2.24) is 15.3 Å². The minimum atomic E-state index is -0.496. The number of amides is 1. The standard InChI is InChI=1S/C15H25N5O2S/c1-14(2,3)22-13(21)19-15(4)5-7-20(8-6-15)10-9-17-12(23)11(16)18-10/h9H,5-8H2,1-4H3,(H2,16,18)(H,17,23)(H,19,21). The maximum absolute atomic E-state index is 12.0. The zero-order chi connectivity index (χ0) is 17.3. The molecule has 2 rings (SSSR count). The summed E-state index contributed by atoms with van der Waals surface area (Å²) in [6, 6.07) is 0. The van der Waals surface area contributed by atoms with E-state index in [4.69, 9.17) is 22.7 Å². The molecule has 0 bridgehead atoms. The van der Waals surface area contributed by atoms with Crippen molar-refractivity contribution in [1.29, 1.82) is 0 Å². The molecule has 0 unspecified atom stereocenters. The molecular formula is C15H25N5O2S. The van der Waals surface area contributed by atoms with E-state index < -0.39 is 5.60 Å². The zero-order valence-electron chi connectivity index (χ0n) is 14.1. The fourth-order valence-corrected chi connectivity index (χ4v) is 2.58. The van der Waals surface area contributed by atoms with Crippen LogP contribution < -0.4 is 16.0 Å². The summed E-state index contributed by atoms with van der Waals surface area (Å²) in [6.07, 6.45) is 2.98. The average Bonchev–Trinajstić information content (AvgIpc) is 2.40. The molecule has 2 heterocycles. The van der Waals surface area contributed by atoms with Crippen LogP contribution in [-0.2, 0) is 4.74 Å². The zero-order valence-corrected chi connectivity index (χ0v) is 14.9. The van der Waals surface area contributed by atoms with Gasteiger partial charge in [-0.05, 0) is 40.5 Å². The highest BCUT2D eigenvalue weighted by atomic mass is 32.1. The second-order valence-corrected chi connectivity index (χ2v) is 7.56. The van der Waals surface area contributed by atoms with Crippen LogP contribution in [-0.4, -0.2) is 40.3 Å². The number of nitrogens with zero attached hydrogens (tertiary/aromatic N) is 2. The number of ether oxygens (including phenoxy) is 1. The lowest BCUT2D eigenvalue weighted by Gasteiger charge is -2.40. The number of aromatic nitrogens is 2. The van der Waals surface area contributed by atoms with Crippen molar-refractivity contribution in [2.75, 3.05) is 23.7 Å². The largest absolute Gasteiger partial charge is 0.444 e. The molecule has 1 aromatic heterocycles. The van der Waals surface area contributed by atoms with E-state index in [-0.39, 0.29) is 11.6 Å². The van der Waals surface area contributed by atoms with Crippen molar-refractivity contribution >= 4 is 29.9 Å². The fraction of sp³-hybridized carbons (Fsp3) is 0.667. The van der Waals surface area contributed by atoms with Gasteiger partial charge in [0.15, 0.2) is 5.82 Å². The second-order valence-electron chi connectivity index (χ2n) is 7.15. The number of hydrogen-bond donors (Lipinski definition) is 3. The van der Waals surface area contributed by atoms with Gasteiger partial charge in [0.05, 0.1) is 0 Å². The maximum Gasteiger partial charge on any atom is 0.408 e. The molecule has 0 spiro atoms. The topological polar surface area (TPSA) is 96.3 Å². The third kappa shape index (κ3) is 4.82. The van der Waals surface area contributed by atoms with Crippen LogP contribution in [0.25, 0.3) is 0 Å². The lowest BCUT2D eigenvalue weighted by molar-refractivity contribution is 0.0448. The molecule has 8 heteroatoms. The van der Waals surface area contributed by atoms with Crippen molar-refractivity contribution in [2.45, 2.75) is 51.7 Å². The summed E-state index contributed by atoms with van der Waals surface area (Å²) in [6.45, 7) is 9.13. The van der Waals surface area contributed by atoms with Crippen LogP contribution >= 0.6 is 12.2 Å². The Bertz CT molecular complexity index is 629. The molecule has 0 aromatic carbocycles. The predicted molar refractivity (Wildman–Crippen MR) is 93.1 cm³/mol. The number of nitrogens with two attached hydrogens (primary N) is 1. The van der Waals surface area contributed by atoms with Crippen molar-refractivity contribution < 1.29 is 9.53 Å². The van der Waals surface area contributed by atoms with Crippen LogP contribution in [0.1, 0.15) is 40.5 Å². The highest BCUT2D eigenvalue weighted by Gasteiger charge is 2.33. The van der Waals surface area contributed by atoms with Gasteiger partial charge < -0.3 is 25.7 Å². The number of piperidine rings is 1. The van der Waals surface area contributed by atoms with Gasteiger partial charge in [0.1, 0.15) is 16.1 Å². The summed E-state index contributed by atoms with van der Waals surface area (Å²) in [7, 11) is 0. The Morgan fingerprint density at radius 2 is 2.09 bits per heavy atom. The molecule has 0 aliphatic carbocycles. The van der Waals surface area contributed by atoms with E-state index >= 15 is 0 Å². The molecule has 23 heavy (non-hydrogen) atoms. The Balaban J connectivity index is 1.95. The van der Waals surface area contributed by atoms with Crippen molar-refractivity contribution in [2.24, 2.45) is 0 Å². The molecule has 1 aromatic rings. The monoisotopic (exact) mass is 339 g/mol. The van der Waals surface area contributed by atoms with Gasteiger partial charge in [-0.25, -0.2) is 9.78 Å². The number of nitrogens with one attached hydrogen (secondary N) is 2. The van der Waals surface area contributed by atoms with Crippen LogP contribution in [0, 0.1) is 4.64 Å². The first kappa shape index (κ1) is 17.5. The normalized spacial score (nSPS) is 17.7. The van der Waals surface area contributed by atoms with Gasteiger partial charge in [-0.15, -0.1) is 0 Å². The van der Waals surface area contributed by atoms with Crippen molar-refractivity contribution in [3.05, 3.63) is 10.8 Å². The molecule has 0 atom stereocenters. The molecule has 0 saturated carbocycles. The lowest BCUT2D eigenvalue weighted by Crippen LogP contribution is -2.54. The van der Waals surface area contributed by atoms with Crippen LogP contribution in [0.3, 0.4) is 0 Å². The number of aromatic amines is 1. The van der Waals surface area contributed by atoms with Gasteiger partial charge in [0.25, 0.3) is 0 Å². The molecule has 4 N–H and O–H groups in total. The number of nitrogen functional groups attached to an aromatic ring is 1. The van der Waals surface area contributed by atoms with Gasteiger partial charge in [-0.3, -0.25) is 0 Å². The van der Waals surface area contributed by atoms with Gasteiger partial charge in [0, 0.05) is 24.8 Å². The Labute approximate surface area is 141 Å². The number of carbonyl (C=O) groups is 1. The Kier molecular flexibility index (Phi) is 4.84. The summed E-state index contributed by atoms with van der Waals surface area (Å²) in [5, 5.41) is 2.99. The fourth-order valence-electron chi connectivity index (χ4n) is 2.48. The third-order valence-electron chi connectivity index (χ3n) is 3.79. The summed E-state index contributed by atoms with van der Waals surface area (Å²) in [5.41, 5.74) is 4.98. The van der Waals surface area contributed by atoms with E-state index in [2.05, 4.69) is 20.2 Å². The maximum atomic E-state index is 12.0. The van der Waals surface area contributed by atoms with Crippen molar-refractivity contribution in [3.63, 3.8) is 0 Å². The molecule has 1 amide bonds.